The summed E-state index contributed by atoms with van der Waals surface area (Å²) in [5, 5.41) is 3.82. The molecule has 0 saturated heterocycles. The Morgan fingerprint density at radius 2 is 0.914 bits per heavy atom. The van der Waals surface area contributed by atoms with Crippen LogP contribution in [-0.4, -0.2) is 19.5 Å². The molecule has 58 heavy (non-hydrogen) atoms. The molecule has 6 aromatic carbocycles. The maximum atomic E-state index is 5.21. The molecule has 0 N–H and O–H groups in total. The first-order valence-electron chi connectivity index (χ1n) is 19.4. The minimum atomic E-state index is 0.907. The Labute approximate surface area is 340 Å². The van der Waals surface area contributed by atoms with Crippen LogP contribution in [0.2, 0.25) is 0 Å². The molecule has 0 radical (unpaired) electrons. The van der Waals surface area contributed by atoms with Crippen LogP contribution in [0.4, 0.5) is 0 Å². The van der Waals surface area contributed by atoms with Crippen molar-refractivity contribution in [2.75, 3.05) is 0 Å². The van der Waals surface area contributed by atoms with Gasteiger partial charge in [-0.05, 0) is 94.0 Å². The molecular formula is C53H34N4S. The zero-order valence-electron chi connectivity index (χ0n) is 31.3. The van der Waals surface area contributed by atoms with E-state index in [1.165, 1.54) is 53.5 Å². The van der Waals surface area contributed by atoms with Crippen LogP contribution in [0.5, 0.6) is 0 Å². The zero-order valence-corrected chi connectivity index (χ0v) is 32.1. The summed E-state index contributed by atoms with van der Waals surface area (Å²) in [4.78, 5) is 14.9. The van der Waals surface area contributed by atoms with Gasteiger partial charge in [-0.2, -0.15) is 0 Å². The van der Waals surface area contributed by atoms with Crippen molar-refractivity contribution in [1.29, 1.82) is 0 Å². The summed E-state index contributed by atoms with van der Waals surface area (Å²) in [6.45, 7) is 0. The third-order valence-electron chi connectivity index (χ3n) is 11.0. The number of thiophene rings is 1. The van der Waals surface area contributed by atoms with E-state index in [0.717, 1.165) is 50.5 Å². The van der Waals surface area contributed by atoms with Gasteiger partial charge in [0, 0.05) is 72.9 Å². The molecule has 0 amide bonds. The number of hydrogen-bond donors (Lipinski definition) is 0. The molecule has 0 unspecified atom stereocenters. The van der Waals surface area contributed by atoms with Crippen molar-refractivity contribution in [3.8, 4) is 72.0 Å². The summed E-state index contributed by atoms with van der Waals surface area (Å²) >= 11 is 1.89. The lowest BCUT2D eigenvalue weighted by atomic mass is 9.98. The Hall–Kier alpha value is -7.47. The molecular weight excluding hydrogens is 725 g/mol. The zero-order chi connectivity index (χ0) is 38.4. The average molecular weight is 759 g/mol. The quantitative estimate of drug-likeness (QED) is 0.163. The Morgan fingerprint density at radius 3 is 1.59 bits per heavy atom. The molecule has 0 aliphatic rings. The lowest BCUT2D eigenvalue weighted by Gasteiger charge is -2.12. The third-order valence-corrected chi connectivity index (χ3v) is 12.3. The van der Waals surface area contributed by atoms with Gasteiger partial charge in [0.15, 0.2) is 0 Å². The number of benzene rings is 6. The van der Waals surface area contributed by atoms with Gasteiger partial charge >= 0.3 is 0 Å². The van der Waals surface area contributed by atoms with E-state index in [0.29, 0.717) is 0 Å². The molecule has 0 aliphatic heterocycles. The first kappa shape index (κ1) is 33.8. The summed E-state index contributed by atoms with van der Waals surface area (Å²) in [7, 11) is 0. The lowest BCUT2D eigenvalue weighted by Crippen LogP contribution is -1.95. The molecule has 0 saturated carbocycles. The van der Waals surface area contributed by atoms with Gasteiger partial charge in [-0.25, -0.2) is 4.98 Å². The molecule has 272 valence electrons. The van der Waals surface area contributed by atoms with E-state index in [4.69, 9.17) is 4.98 Å². The molecule has 0 fully saturated rings. The van der Waals surface area contributed by atoms with E-state index >= 15 is 0 Å². The van der Waals surface area contributed by atoms with Crippen molar-refractivity contribution in [3.05, 3.63) is 207 Å². The van der Waals surface area contributed by atoms with E-state index in [1.54, 1.807) is 0 Å². The topological polar surface area (TPSA) is 43.6 Å². The molecule has 0 spiro atoms. The van der Waals surface area contributed by atoms with Crippen molar-refractivity contribution >= 4 is 43.2 Å². The van der Waals surface area contributed by atoms with Crippen molar-refractivity contribution in [3.63, 3.8) is 0 Å². The van der Waals surface area contributed by atoms with Crippen molar-refractivity contribution in [2.45, 2.75) is 0 Å². The predicted octanol–water partition coefficient (Wildman–Crippen LogP) is 14.2. The van der Waals surface area contributed by atoms with E-state index in [1.807, 2.05) is 60.4 Å². The van der Waals surface area contributed by atoms with Crippen LogP contribution in [0.25, 0.3) is 104 Å². The monoisotopic (exact) mass is 758 g/mol. The van der Waals surface area contributed by atoms with Crippen LogP contribution in [-0.2, 0) is 0 Å². The minimum Gasteiger partial charge on any atom is -0.309 e. The van der Waals surface area contributed by atoms with Gasteiger partial charge < -0.3 is 4.57 Å². The fourth-order valence-corrected chi connectivity index (χ4v) is 9.65. The predicted molar refractivity (Wildman–Crippen MR) is 242 cm³/mol. The van der Waals surface area contributed by atoms with Gasteiger partial charge in [-0.3, -0.25) is 9.97 Å². The molecule has 5 aromatic heterocycles. The Bertz CT molecular complexity index is 3230. The molecule has 4 nitrogen and oxygen atoms in total. The summed E-state index contributed by atoms with van der Waals surface area (Å²) in [6.07, 6.45) is 7.31. The van der Waals surface area contributed by atoms with Crippen LogP contribution >= 0.6 is 11.3 Å². The van der Waals surface area contributed by atoms with Crippen LogP contribution in [0.1, 0.15) is 0 Å². The molecule has 5 heterocycles. The highest BCUT2D eigenvalue weighted by atomic mass is 32.1. The molecule has 0 bridgehead atoms. The van der Waals surface area contributed by atoms with Crippen LogP contribution in [0.3, 0.4) is 0 Å². The SMILES string of the molecule is c1ccc(-c2sc3c(ccc4c3c3ccccc3n4-c3ccc(-c4cc(-c5ccc(-c6ccncc6)cc5)cc(-c5ccncc5)n4)cc3)c2-c2ccccc2)cc1. The molecule has 0 atom stereocenters. The second-order valence-corrected chi connectivity index (χ2v) is 15.5. The molecule has 5 heteroatoms. The normalized spacial score (nSPS) is 11.4. The largest absolute Gasteiger partial charge is 0.309 e. The number of fused-ring (bicyclic) bond motifs is 5. The van der Waals surface area contributed by atoms with Gasteiger partial charge in [-0.15, -0.1) is 11.3 Å². The number of aromatic nitrogens is 4. The summed E-state index contributed by atoms with van der Waals surface area (Å²) in [5.41, 5.74) is 15.7. The van der Waals surface area contributed by atoms with Gasteiger partial charge in [-0.1, -0.05) is 121 Å². The van der Waals surface area contributed by atoms with Crippen molar-refractivity contribution in [2.24, 2.45) is 0 Å². The van der Waals surface area contributed by atoms with Gasteiger partial charge in [0.2, 0.25) is 0 Å². The van der Waals surface area contributed by atoms with Crippen LogP contribution in [0.15, 0.2) is 207 Å². The van der Waals surface area contributed by atoms with Crippen molar-refractivity contribution < 1.29 is 0 Å². The van der Waals surface area contributed by atoms with Crippen LogP contribution in [0, 0.1) is 0 Å². The second-order valence-electron chi connectivity index (χ2n) is 14.4. The lowest BCUT2D eigenvalue weighted by molar-refractivity contribution is 1.18. The summed E-state index contributed by atoms with van der Waals surface area (Å²) < 4.78 is 3.72. The number of rotatable bonds is 7. The van der Waals surface area contributed by atoms with Gasteiger partial charge in [0.25, 0.3) is 0 Å². The summed E-state index contributed by atoms with van der Waals surface area (Å²) in [5.74, 6) is 0. The molecule has 11 aromatic rings. The molecule has 0 aliphatic carbocycles. The van der Waals surface area contributed by atoms with E-state index in [-0.39, 0.29) is 0 Å². The first-order valence-corrected chi connectivity index (χ1v) is 20.2. The van der Waals surface area contributed by atoms with Gasteiger partial charge in [0.1, 0.15) is 0 Å². The Kier molecular flexibility index (Phi) is 8.30. The fourth-order valence-electron chi connectivity index (χ4n) is 8.27. The number of nitrogens with zero attached hydrogens (tertiary/aromatic N) is 4. The van der Waals surface area contributed by atoms with E-state index < -0.39 is 0 Å². The van der Waals surface area contributed by atoms with Crippen molar-refractivity contribution in [1.82, 2.24) is 19.5 Å². The molecule has 11 rings (SSSR count). The van der Waals surface area contributed by atoms with E-state index in [9.17, 15) is 0 Å². The maximum absolute atomic E-state index is 5.21. The highest BCUT2D eigenvalue weighted by Crippen LogP contribution is 2.49. The number of para-hydroxylation sites is 1. The van der Waals surface area contributed by atoms with Crippen LogP contribution < -0.4 is 0 Å². The number of pyridine rings is 3. The van der Waals surface area contributed by atoms with Gasteiger partial charge in [0.05, 0.1) is 22.4 Å². The highest BCUT2D eigenvalue weighted by Gasteiger charge is 2.21. The standard InChI is InChI=1S/C53H34N4S/c1-3-9-40(10-4-1)50-45-23-24-49-51(53(45)58-52(50)41-11-5-2-6-12-41)44-13-7-8-14-48(44)57(49)43-21-19-38(20-22-43)46-33-42(34-47(56-46)39-27-31-55-32-28-39)36-17-15-35(16-18-36)37-25-29-54-30-26-37/h1-34H. The minimum absolute atomic E-state index is 0.907. The second kappa shape index (κ2) is 14.2. The first-order chi connectivity index (χ1) is 28.8. The maximum Gasteiger partial charge on any atom is 0.0716 e. The Balaban J connectivity index is 1.04. The number of hydrogen-bond acceptors (Lipinski definition) is 4. The average Bonchev–Trinajstić information content (AvgIpc) is 3.87. The third kappa shape index (κ3) is 5.88. The smallest absolute Gasteiger partial charge is 0.0716 e. The highest BCUT2D eigenvalue weighted by molar-refractivity contribution is 7.24. The van der Waals surface area contributed by atoms with E-state index in [2.05, 4.69) is 172 Å². The fraction of sp³-hybridized carbons (Fsp3) is 0. The summed E-state index contributed by atoms with van der Waals surface area (Å²) in [6, 6.07) is 65.1. The Morgan fingerprint density at radius 1 is 0.379 bits per heavy atom.